The van der Waals surface area contributed by atoms with E-state index in [2.05, 4.69) is 5.32 Å². The van der Waals surface area contributed by atoms with Crippen molar-refractivity contribution in [2.45, 2.75) is 45.6 Å². The molecule has 0 spiro atoms. The summed E-state index contributed by atoms with van der Waals surface area (Å²) in [5.74, 6) is -0.117. The molecule has 0 radical (unpaired) electrons. The normalized spacial score (nSPS) is 19.8. The molecule has 1 aliphatic rings. The monoisotopic (exact) mass is 306 g/mol. The van der Waals surface area contributed by atoms with Crippen LogP contribution in [-0.4, -0.2) is 55.2 Å². The van der Waals surface area contributed by atoms with Crippen molar-refractivity contribution in [1.82, 2.24) is 9.62 Å². The summed E-state index contributed by atoms with van der Waals surface area (Å²) in [5, 5.41) is 12.3. The Kier molecular flexibility index (Phi) is 6.91. The zero-order valence-corrected chi connectivity index (χ0v) is 13.2. The molecule has 7 heteroatoms. The van der Waals surface area contributed by atoms with E-state index in [1.54, 1.807) is 6.92 Å². The molecule has 1 rings (SSSR count). The summed E-state index contributed by atoms with van der Waals surface area (Å²) in [4.78, 5) is 11.9. The fourth-order valence-corrected chi connectivity index (χ4v) is 3.51. The fraction of sp³-hybridized carbons (Fsp3) is 0.923. The Hall–Kier alpha value is -0.660. The van der Waals surface area contributed by atoms with Gasteiger partial charge in [-0.25, -0.2) is 12.7 Å². The summed E-state index contributed by atoms with van der Waals surface area (Å²) in [7, 11) is -3.14. The third kappa shape index (κ3) is 5.03. The standard InChI is InChI=1S/C13H26N2O4S/c1-3-5-12(16)10-14-13(17)11-6-8-15(9-7-11)20(18,19)4-2/h11-12,16H,3-10H2,1-2H3,(H,14,17). The first-order chi connectivity index (χ1) is 9.40. The summed E-state index contributed by atoms with van der Waals surface area (Å²) in [6, 6.07) is 0. The first-order valence-corrected chi connectivity index (χ1v) is 8.95. The molecule has 1 aliphatic heterocycles. The average Bonchev–Trinajstić information content (AvgIpc) is 2.45. The Balaban J connectivity index is 2.36. The number of hydrogen-bond acceptors (Lipinski definition) is 4. The number of piperidine rings is 1. The van der Waals surface area contributed by atoms with Gasteiger partial charge in [-0.15, -0.1) is 0 Å². The molecular formula is C13H26N2O4S. The van der Waals surface area contributed by atoms with Gasteiger partial charge in [0.25, 0.3) is 0 Å². The lowest BCUT2D eigenvalue weighted by molar-refractivity contribution is -0.126. The van der Waals surface area contributed by atoms with Crippen molar-refractivity contribution < 1.29 is 18.3 Å². The molecule has 0 bridgehead atoms. The van der Waals surface area contributed by atoms with Gasteiger partial charge in [0.15, 0.2) is 0 Å². The topological polar surface area (TPSA) is 86.7 Å². The van der Waals surface area contributed by atoms with Crippen molar-refractivity contribution in [3.05, 3.63) is 0 Å². The third-order valence-corrected chi connectivity index (χ3v) is 5.60. The first-order valence-electron chi connectivity index (χ1n) is 7.34. The number of aliphatic hydroxyl groups is 1. The van der Waals surface area contributed by atoms with Gasteiger partial charge in [0.05, 0.1) is 11.9 Å². The molecule has 1 unspecified atom stereocenters. The number of carbonyl (C=O) groups excluding carboxylic acids is 1. The minimum Gasteiger partial charge on any atom is -0.391 e. The summed E-state index contributed by atoms with van der Waals surface area (Å²) in [5.41, 5.74) is 0. The van der Waals surface area contributed by atoms with Crippen LogP contribution in [0.5, 0.6) is 0 Å². The van der Waals surface area contributed by atoms with E-state index in [1.165, 1.54) is 4.31 Å². The third-order valence-electron chi connectivity index (χ3n) is 3.72. The Morgan fingerprint density at radius 1 is 1.35 bits per heavy atom. The number of carbonyl (C=O) groups is 1. The summed E-state index contributed by atoms with van der Waals surface area (Å²) < 4.78 is 24.9. The van der Waals surface area contributed by atoms with E-state index in [4.69, 9.17) is 0 Å². The lowest BCUT2D eigenvalue weighted by Crippen LogP contribution is -2.44. The van der Waals surface area contributed by atoms with Gasteiger partial charge in [0.1, 0.15) is 0 Å². The van der Waals surface area contributed by atoms with Crippen LogP contribution in [0.3, 0.4) is 0 Å². The number of nitrogens with zero attached hydrogens (tertiary/aromatic N) is 1. The lowest BCUT2D eigenvalue weighted by atomic mass is 9.97. The molecule has 1 atom stereocenters. The van der Waals surface area contributed by atoms with Gasteiger partial charge in [0, 0.05) is 25.6 Å². The highest BCUT2D eigenvalue weighted by molar-refractivity contribution is 7.89. The molecule has 0 aromatic heterocycles. The van der Waals surface area contributed by atoms with Crippen LogP contribution in [0.25, 0.3) is 0 Å². The van der Waals surface area contributed by atoms with Crippen LogP contribution in [0, 0.1) is 5.92 Å². The Morgan fingerprint density at radius 3 is 2.45 bits per heavy atom. The Bertz CT molecular complexity index is 403. The van der Waals surface area contributed by atoms with Crippen molar-refractivity contribution in [3.63, 3.8) is 0 Å². The van der Waals surface area contributed by atoms with Gasteiger partial charge < -0.3 is 10.4 Å². The van der Waals surface area contributed by atoms with Gasteiger partial charge >= 0.3 is 0 Å². The highest BCUT2D eigenvalue weighted by Crippen LogP contribution is 2.20. The van der Waals surface area contributed by atoms with Gasteiger partial charge in [-0.2, -0.15) is 0 Å². The largest absolute Gasteiger partial charge is 0.391 e. The highest BCUT2D eigenvalue weighted by atomic mass is 32.2. The summed E-state index contributed by atoms with van der Waals surface area (Å²) in [6.07, 6.45) is 2.16. The zero-order valence-electron chi connectivity index (χ0n) is 12.3. The number of nitrogens with one attached hydrogen (secondary N) is 1. The second kappa shape index (κ2) is 7.95. The second-order valence-corrected chi connectivity index (χ2v) is 7.52. The molecule has 0 aliphatic carbocycles. The van der Waals surface area contributed by atoms with Crippen molar-refractivity contribution in [2.24, 2.45) is 5.92 Å². The number of aliphatic hydroxyl groups excluding tert-OH is 1. The molecule has 118 valence electrons. The first kappa shape index (κ1) is 17.4. The molecular weight excluding hydrogens is 280 g/mol. The SMILES string of the molecule is CCCC(O)CNC(=O)C1CCN(S(=O)(=O)CC)CC1. The molecule has 1 fully saturated rings. The van der Waals surface area contributed by atoms with E-state index in [0.717, 1.165) is 6.42 Å². The molecule has 0 aromatic carbocycles. The fourth-order valence-electron chi connectivity index (χ4n) is 2.38. The quantitative estimate of drug-likeness (QED) is 0.709. The van der Waals surface area contributed by atoms with Crippen molar-refractivity contribution in [1.29, 1.82) is 0 Å². The van der Waals surface area contributed by atoms with Crippen LogP contribution in [0.4, 0.5) is 0 Å². The number of hydrogen-bond donors (Lipinski definition) is 2. The molecule has 1 saturated heterocycles. The molecule has 20 heavy (non-hydrogen) atoms. The summed E-state index contributed by atoms with van der Waals surface area (Å²) >= 11 is 0. The van der Waals surface area contributed by atoms with Crippen LogP contribution in [0.2, 0.25) is 0 Å². The molecule has 1 heterocycles. The van der Waals surface area contributed by atoms with E-state index in [9.17, 15) is 18.3 Å². The van der Waals surface area contributed by atoms with E-state index >= 15 is 0 Å². The Morgan fingerprint density at radius 2 is 1.95 bits per heavy atom. The zero-order chi connectivity index (χ0) is 15.2. The minimum absolute atomic E-state index is 0.0753. The molecule has 0 aromatic rings. The van der Waals surface area contributed by atoms with Crippen LogP contribution in [0.15, 0.2) is 0 Å². The minimum atomic E-state index is -3.14. The van der Waals surface area contributed by atoms with E-state index in [1.807, 2.05) is 6.92 Å². The van der Waals surface area contributed by atoms with Crippen LogP contribution in [-0.2, 0) is 14.8 Å². The van der Waals surface area contributed by atoms with Gasteiger partial charge in [0.2, 0.25) is 15.9 Å². The number of rotatable bonds is 7. The molecule has 6 nitrogen and oxygen atoms in total. The van der Waals surface area contributed by atoms with Gasteiger partial charge in [-0.3, -0.25) is 4.79 Å². The summed E-state index contributed by atoms with van der Waals surface area (Å²) in [6.45, 7) is 4.70. The van der Waals surface area contributed by atoms with Crippen molar-refractivity contribution in [2.75, 3.05) is 25.4 Å². The molecule has 1 amide bonds. The predicted molar refractivity (Wildman–Crippen MR) is 77.7 cm³/mol. The van der Waals surface area contributed by atoms with Crippen LogP contribution < -0.4 is 5.32 Å². The number of amides is 1. The second-order valence-electron chi connectivity index (χ2n) is 5.26. The van der Waals surface area contributed by atoms with E-state index < -0.39 is 16.1 Å². The lowest BCUT2D eigenvalue weighted by Gasteiger charge is -2.30. The highest BCUT2D eigenvalue weighted by Gasteiger charge is 2.30. The van der Waals surface area contributed by atoms with Crippen molar-refractivity contribution in [3.8, 4) is 0 Å². The van der Waals surface area contributed by atoms with Crippen molar-refractivity contribution >= 4 is 15.9 Å². The predicted octanol–water partition coefficient (Wildman–Crippen LogP) is 0.325. The Labute approximate surface area is 121 Å². The van der Waals surface area contributed by atoms with Gasteiger partial charge in [-0.05, 0) is 26.2 Å². The van der Waals surface area contributed by atoms with E-state index in [-0.39, 0.29) is 24.1 Å². The van der Waals surface area contributed by atoms with Crippen LogP contribution >= 0.6 is 0 Å². The molecule has 0 saturated carbocycles. The van der Waals surface area contributed by atoms with Gasteiger partial charge in [-0.1, -0.05) is 13.3 Å². The van der Waals surface area contributed by atoms with E-state index in [0.29, 0.717) is 32.4 Å². The maximum absolute atomic E-state index is 11.9. The molecule has 2 N–H and O–H groups in total. The van der Waals surface area contributed by atoms with Crippen LogP contribution in [0.1, 0.15) is 39.5 Å². The average molecular weight is 306 g/mol. The number of sulfonamides is 1. The smallest absolute Gasteiger partial charge is 0.223 e. The maximum Gasteiger partial charge on any atom is 0.223 e. The maximum atomic E-state index is 11.9.